The molecule has 3 atom stereocenters. The minimum atomic E-state index is 0.338. The number of hydrogen-bond donors (Lipinski definition) is 0. The molecule has 0 spiro atoms. The summed E-state index contributed by atoms with van der Waals surface area (Å²) in [7, 11) is 0. The second kappa shape index (κ2) is 2.77. The van der Waals surface area contributed by atoms with Crippen LogP contribution in [0, 0.1) is 17.3 Å². The maximum absolute atomic E-state index is 2.45. The Morgan fingerprint density at radius 1 is 1.06 bits per heavy atom. The predicted molar refractivity (Wildman–Crippen MR) is 76.6 cm³/mol. The van der Waals surface area contributed by atoms with Gasteiger partial charge in [-0.2, -0.15) is 0 Å². The molecule has 0 radical (unpaired) electrons. The van der Waals surface area contributed by atoms with Crippen LogP contribution in [-0.4, -0.2) is 0 Å². The van der Waals surface area contributed by atoms with Crippen LogP contribution in [0.25, 0.3) is 10.8 Å². The molecule has 2 aromatic carbocycles. The zero-order valence-corrected chi connectivity index (χ0v) is 11.5. The lowest BCUT2D eigenvalue weighted by molar-refractivity contribution is 0.497. The van der Waals surface area contributed by atoms with Crippen molar-refractivity contribution in [3.63, 3.8) is 0 Å². The molecule has 2 aliphatic rings. The predicted octanol–water partition coefficient (Wildman–Crippen LogP) is 4.71. The molecule has 0 aliphatic heterocycles. The molecule has 2 aliphatic carbocycles. The summed E-state index contributed by atoms with van der Waals surface area (Å²) in [5, 5.41) is 2.90. The van der Waals surface area contributed by atoms with E-state index in [2.05, 4.69) is 64.1 Å². The second-order valence-corrected chi connectivity index (χ2v) is 6.46. The van der Waals surface area contributed by atoms with Crippen LogP contribution < -0.4 is 0 Å². The molecule has 0 amide bonds. The highest BCUT2D eigenvalue weighted by Crippen LogP contribution is 2.77. The summed E-state index contributed by atoms with van der Waals surface area (Å²) in [6.07, 6.45) is 0. The Morgan fingerprint density at radius 2 is 1.72 bits per heavy atom. The van der Waals surface area contributed by atoms with Gasteiger partial charge in [-0.25, -0.2) is 0 Å². The molecular weight excluding hydrogens is 216 g/mol. The van der Waals surface area contributed by atoms with Crippen LogP contribution in [0.3, 0.4) is 0 Å². The third-order valence-electron chi connectivity index (χ3n) is 6.37. The first-order valence-corrected chi connectivity index (χ1v) is 6.89. The smallest absolute Gasteiger partial charge is 0.0595 e. The van der Waals surface area contributed by atoms with Crippen LogP contribution in [0.1, 0.15) is 38.8 Å². The SMILES string of the molecule is C[C+]1c2cccc3cccc(c23)[C@@]2(C)[C@@H](C)[C@@]12C. The minimum Gasteiger partial charge on any atom is -0.0595 e. The minimum absolute atomic E-state index is 0.338. The zero-order valence-electron chi connectivity index (χ0n) is 11.5. The first-order valence-electron chi connectivity index (χ1n) is 6.89. The fourth-order valence-electron chi connectivity index (χ4n) is 4.65. The van der Waals surface area contributed by atoms with Crippen molar-refractivity contribution in [1.29, 1.82) is 0 Å². The second-order valence-electron chi connectivity index (χ2n) is 6.46. The van der Waals surface area contributed by atoms with Gasteiger partial charge in [-0.15, -0.1) is 0 Å². The molecule has 0 heteroatoms. The molecule has 0 unspecified atom stereocenters. The molecule has 4 rings (SSSR count). The zero-order chi connectivity index (χ0) is 12.7. The topological polar surface area (TPSA) is 0 Å². The van der Waals surface area contributed by atoms with Crippen LogP contribution in [-0.2, 0) is 5.41 Å². The van der Waals surface area contributed by atoms with E-state index in [4.69, 9.17) is 0 Å². The lowest BCUT2D eigenvalue weighted by atomic mass is 9.70. The molecule has 0 heterocycles. The summed E-state index contributed by atoms with van der Waals surface area (Å²) < 4.78 is 0. The van der Waals surface area contributed by atoms with Crippen LogP contribution in [0.4, 0.5) is 0 Å². The fourth-order valence-corrected chi connectivity index (χ4v) is 4.65. The summed E-state index contributed by atoms with van der Waals surface area (Å²) in [6, 6.07) is 13.6. The highest BCUT2D eigenvalue weighted by molar-refractivity contribution is 5.94. The van der Waals surface area contributed by atoms with Crippen molar-refractivity contribution >= 4 is 10.8 Å². The van der Waals surface area contributed by atoms with Crippen molar-refractivity contribution in [2.45, 2.75) is 33.1 Å². The lowest BCUT2D eigenvalue weighted by Gasteiger charge is -2.27. The van der Waals surface area contributed by atoms with E-state index >= 15 is 0 Å². The third kappa shape index (κ3) is 0.810. The Kier molecular flexibility index (Phi) is 1.61. The maximum Gasteiger partial charge on any atom is 0.141 e. The molecule has 1 saturated carbocycles. The van der Waals surface area contributed by atoms with Gasteiger partial charge in [0.25, 0.3) is 0 Å². The van der Waals surface area contributed by atoms with Crippen molar-refractivity contribution in [3.8, 4) is 0 Å². The molecule has 0 aromatic heterocycles. The molecule has 0 bridgehead atoms. The van der Waals surface area contributed by atoms with E-state index in [0.717, 1.165) is 5.92 Å². The van der Waals surface area contributed by atoms with Gasteiger partial charge >= 0.3 is 0 Å². The van der Waals surface area contributed by atoms with Crippen molar-refractivity contribution in [2.24, 2.45) is 11.3 Å². The normalized spacial score (nSPS) is 36.7. The largest absolute Gasteiger partial charge is 0.141 e. The van der Waals surface area contributed by atoms with Gasteiger partial charge in [0, 0.05) is 40.7 Å². The van der Waals surface area contributed by atoms with Crippen molar-refractivity contribution in [1.82, 2.24) is 0 Å². The number of hydrogen-bond acceptors (Lipinski definition) is 0. The van der Waals surface area contributed by atoms with Crippen molar-refractivity contribution in [3.05, 3.63) is 53.4 Å². The quantitative estimate of drug-likeness (QED) is 0.580. The number of rotatable bonds is 0. The van der Waals surface area contributed by atoms with Gasteiger partial charge in [0.15, 0.2) is 0 Å². The summed E-state index contributed by atoms with van der Waals surface area (Å²) in [4.78, 5) is 0. The third-order valence-corrected chi connectivity index (χ3v) is 6.37. The summed E-state index contributed by atoms with van der Waals surface area (Å²) >= 11 is 0. The van der Waals surface area contributed by atoms with E-state index in [-0.39, 0.29) is 0 Å². The Hall–Kier alpha value is -1.43. The van der Waals surface area contributed by atoms with E-state index in [1.165, 1.54) is 16.3 Å². The summed E-state index contributed by atoms with van der Waals surface area (Å²) in [5.41, 5.74) is 3.74. The van der Waals surface area contributed by atoms with Crippen LogP contribution in [0.5, 0.6) is 0 Å². The molecular formula is C18H19+. The molecule has 0 nitrogen and oxygen atoms in total. The van der Waals surface area contributed by atoms with E-state index in [0.29, 0.717) is 10.8 Å². The lowest BCUT2D eigenvalue weighted by Crippen LogP contribution is -2.24. The van der Waals surface area contributed by atoms with E-state index in [1.807, 2.05) is 0 Å². The van der Waals surface area contributed by atoms with E-state index in [1.54, 1.807) is 11.5 Å². The van der Waals surface area contributed by atoms with Gasteiger partial charge < -0.3 is 0 Å². The van der Waals surface area contributed by atoms with Gasteiger partial charge in [0.05, 0.1) is 5.39 Å². The van der Waals surface area contributed by atoms with Crippen LogP contribution in [0.2, 0.25) is 0 Å². The van der Waals surface area contributed by atoms with E-state index in [9.17, 15) is 0 Å². The fraction of sp³-hybridized carbons (Fsp3) is 0.389. The van der Waals surface area contributed by atoms with Gasteiger partial charge in [-0.1, -0.05) is 19.9 Å². The molecule has 90 valence electrons. The Balaban J connectivity index is 2.19. The summed E-state index contributed by atoms with van der Waals surface area (Å²) in [5.74, 6) is 2.32. The number of fused-ring (bicyclic) bond motifs is 2. The maximum atomic E-state index is 2.45. The average molecular weight is 235 g/mol. The molecule has 2 aromatic rings. The van der Waals surface area contributed by atoms with Gasteiger partial charge in [0.2, 0.25) is 0 Å². The van der Waals surface area contributed by atoms with Gasteiger partial charge in [-0.3, -0.25) is 0 Å². The molecule has 0 saturated heterocycles. The Bertz CT molecular complexity index is 664. The Labute approximate surface area is 109 Å². The highest BCUT2D eigenvalue weighted by Gasteiger charge is 2.77. The molecule has 0 N–H and O–H groups in total. The molecule has 18 heavy (non-hydrogen) atoms. The number of benzene rings is 2. The summed E-state index contributed by atoms with van der Waals surface area (Å²) in [6.45, 7) is 9.65. The first-order chi connectivity index (χ1) is 8.53. The monoisotopic (exact) mass is 235 g/mol. The van der Waals surface area contributed by atoms with E-state index < -0.39 is 0 Å². The van der Waals surface area contributed by atoms with Gasteiger partial charge in [0.1, 0.15) is 5.56 Å². The first kappa shape index (κ1) is 10.5. The highest BCUT2D eigenvalue weighted by atomic mass is 14.8. The van der Waals surface area contributed by atoms with Crippen LogP contribution >= 0.6 is 0 Å². The molecule has 1 fully saturated rings. The van der Waals surface area contributed by atoms with Gasteiger partial charge in [-0.05, 0) is 37.1 Å². The average Bonchev–Trinajstić information content (AvgIpc) is 2.85. The standard InChI is InChI=1S/C18H19/c1-11-14-9-5-7-13-8-6-10-15(16(13)14)18(4)12(2)17(11,18)3/h5-10,12H,1-4H3/q+1/t12-,17+,18+/m0/s1. The Morgan fingerprint density at radius 3 is 2.44 bits per heavy atom. The van der Waals surface area contributed by atoms with Crippen molar-refractivity contribution < 1.29 is 0 Å². The van der Waals surface area contributed by atoms with Crippen molar-refractivity contribution in [2.75, 3.05) is 0 Å². The van der Waals surface area contributed by atoms with Crippen LogP contribution in [0.15, 0.2) is 36.4 Å².